The molecular weight excluding hydrogens is 505 g/mol. The summed E-state index contributed by atoms with van der Waals surface area (Å²) in [6.45, 7) is 0. The van der Waals surface area contributed by atoms with Gasteiger partial charge in [-0.05, 0) is 94.4 Å². The third-order valence-corrected chi connectivity index (χ3v) is 4.34. The van der Waals surface area contributed by atoms with Crippen molar-refractivity contribution in [3.8, 4) is 0 Å². The van der Waals surface area contributed by atoms with Crippen molar-refractivity contribution >= 4 is 90.2 Å². The molecule has 0 saturated heterocycles. The Balaban J connectivity index is 0.000000300. The van der Waals surface area contributed by atoms with Gasteiger partial charge in [-0.2, -0.15) is 0 Å². The quantitative estimate of drug-likeness (QED) is 0.543. The Labute approximate surface area is 193 Å². The Kier molecular flexibility index (Phi) is 9.61. The second-order valence-electron chi connectivity index (χ2n) is 5.27. The molecule has 0 aromatic heterocycles. The third kappa shape index (κ3) is 7.51. The number of carboxylic acids is 1. The molecule has 0 aliphatic heterocycles. The number of rotatable bonds is 6. The Hall–Kier alpha value is -2.29. The van der Waals surface area contributed by atoms with Crippen molar-refractivity contribution in [2.45, 2.75) is 0 Å². The second-order valence-corrected chi connectivity index (χ2v) is 6.99. The Morgan fingerprint density at radius 1 is 0.433 bits per heavy atom. The van der Waals surface area contributed by atoms with Crippen LogP contribution in [0.4, 0.5) is 0 Å². The fourth-order valence-corrected chi connectivity index (χ4v) is 2.49. The summed E-state index contributed by atoms with van der Waals surface area (Å²) in [6.07, 6.45) is 0. The molecule has 7 nitrogen and oxygen atoms in total. The van der Waals surface area contributed by atoms with Crippen LogP contribution in [0, 0.1) is 0 Å². The molecule has 1 N–H and O–H groups in total. The Morgan fingerprint density at radius 2 is 0.600 bits per heavy atom. The first-order chi connectivity index (χ1) is 13.8. The van der Waals surface area contributed by atoms with Crippen LogP contribution in [0.5, 0.6) is 0 Å². The lowest BCUT2D eigenvalue weighted by Gasteiger charge is -2.00. The van der Waals surface area contributed by atoms with Gasteiger partial charge in [0.25, 0.3) is 26.2 Å². The topological polar surface area (TPSA) is 123 Å². The van der Waals surface area contributed by atoms with Gasteiger partial charge in [0.05, 0.1) is 5.56 Å². The largest absolute Gasteiger partial charge is 0.478 e. The van der Waals surface area contributed by atoms with E-state index in [0.29, 0.717) is 0 Å². The fraction of sp³-hybridized carbons (Fsp3) is 0. The number of aromatic carboxylic acids is 1. The van der Waals surface area contributed by atoms with E-state index < -0.39 is 32.2 Å². The molecule has 0 aliphatic rings. The fourth-order valence-electron chi connectivity index (χ4n) is 1.95. The highest BCUT2D eigenvalue weighted by atomic mass is 35.5. The molecule has 2 aromatic carbocycles. The molecule has 12 heteroatoms. The van der Waals surface area contributed by atoms with E-state index in [9.17, 15) is 28.8 Å². The van der Waals surface area contributed by atoms with Crippen LogP contribution >= 0.6 is 58.0 Å². The first kappa shape index (κ1) is 25.7. The number of carbonyl (C=O) groups is 6. The van der Waals surface area contributed by atoms with E-state index in [2.05, 4.69) is 0 Å². The standard InChI is InChI=1S/C9H3Cl3O3.C9H4Cl2O4/c10-7(13)4-1-5(8(11)14)3-6(2-4)9(12)15;10-7(12)4-1-5(8(11)13)3-6(2-4)9(14)15/h1-3H;1-3H,(H,14,15). The van der Waals surface area contributed by atoms with Crippen molar-refractivity contribution < 1.29 is 33.9 Å². The molecule has 0 heterocycles. The van der Waals surface area contributed by atoms with Gasteiger partial charge >= 0.3 is 5.97 Å². The average Bonchev–Trinajstić information content (AvgIpc) is 2.67. The summed E-state index contributed by atoms with van der Waals surface area (Å²) in [5, 5.41) is 4.60. The molecule has 0 amide bonds. The normalized spacial score (nSPS) is 9.77. The van der Waals surface area contributed by atoms with Gasteiger partial charge in [-0.1, -0.05) is 0 Å². The van der Waals surface area contributed by atoms with Crippen molar-refractivity contribution in [3.05, 3.63) is 69.8 Å². The molecule has 2 rings (SSSR count). The van der Waals surface area contributed by atoms with Crippen LogP contribution in [-0.4, -0.2) is 37.3 Å². The monoisotopic (exact) mass is 510 g/mol. The van der Waals surface area contributed by atoms with E-state index in [1.165, 1.54) is 18.2 Å². The maximum absolute atomic E-state index is 10.9. The second kappa shape index (κ2) is 11.2. The van der Waals surface area contributed by atoms with Gasteiger partial charge < -0.3 is 5.11 Å². The smallest absolute Gasteiger partial charge is 0.335 e. The number of halogens is 5. The zero-order valence-electron chi connectivity index (χ0n) is 14.3. The van der Waals surface area contributed by atoms with Crippen molar-refractivity contribution in [3.63, 3.8) is 0 Å². The summed E-state index contributed by atoms with van der Waals surface area (Å²) in [4.78, 5) is 64.8. The first-order valence-corrected chi connectivity index (χ1v) is 9.25. The molecule has 0 radical (unpaired) electrons. The van der Waals surface area contributed by atoms with Gasteiger partial charge in [0.2, 0.25) is 0 Å². The number of hydrogen-bond donors (Lipinski definition) is 1. The summed E-state index contributed by atoms with van der Waals surface area (Å²) < 4.78 is 0. The van der Waals surface area contributed by atoms with E-state index in [4.69, 9.17) is 63.1 Å². The molecule has 0 unspecified atom stereocenters. The highest BCUT2D eigenvalue weighted by Gasteiger charge is 2.14. The molecule has 0 saturated carbocycles. The lowest BCUT2D eigenvalue weighted by atomic mass is 10.1. The summed E-state index contributed by atoms with van der Waals surface area (Å²) >= 11 is 26.0. The van der Waals surface area contributed by atoms with E-state index in [-0.39, 0.29) is 33.4 Å². The summed E-state index contributed by atoms with van der Waals surface area (Å²) in [7, 11) is 0. The minimum absolute atomic E-state index is 0.00725. The molecule has 30 heavy (non-hydrogen) atoms. The summed E-state index contributed by atoms with van der Waals surface area (Å²) in [6, 6.07) is 6.84. The van der Waals surface area contributed by atoms with Crippen LogP contribution in [0.3, 0.4) is 0 Å². The molecule has 0 aliphatic carbocycles. The molecule has 0 spiro atoms. The van der Waals surface area contributed by atoms with E-state index in [1.807, 2.05) is 0 Å². The Morgan fingerprint density at radius 3 is 0.733 bits per heavy atom. The van der Waals surface area contributed by atoms with Gasteiger partial charge in [-0.15, -0.1) is 0 Å². The van der Waals surface area contributed by atoms with Gasteiger partial charge in [-0.3, -0.25) is 24.0 Å². The van der Waals surface area contributed by atoms with Crippen LogP contribution in [0.1, 0.15) is 62.1 Å². The zero-order valence-corrected chi connectivity index (χ0v) is 18.0. The maximum Gasteiger partial charge on any atom is 0.335 e. The molecule has 0 atom stereocenters. The summed E-state index contributed by atoms with van der Waals surface area (Å²) in [5.74, 6) is -1.27. The third-order valence-electron chi connectivity index (χ3n) is 3.25. The lowest BCUT2D eigenvalue weighted by Crippen LogP contribution is -2.03. The lowest BCUT2D eigenvalue weighted by molar-refractivity contribution is 0.0696. The minimum Gasteiger partial charge on any atom is -0.478 e. The number of hydrogen-bond acceptors (Lipinski definition) is 6. The maximum atomic E-state index is 10.9. The molecule has 2 aromatic rings. The van der Waals surface area contributed by atoms with Crippen molar-refractivity contribution in [2.24, 2.45) is 0 Å². The minimum atomic E-state index is -1.27. The van der Waals surface area contributed by atoms with E-state index in [0.717, 1.165) is 18.2 Å². The predicted molar refractivity (Wildman–Crippen MR) is 111 cm³/mol. The van der Waals surface area contributed by atoms with E-state index >= 15 is 0 Å². The van der Waals surface area contributed by atoms with E-state index in [1.54, 1.807) is 0 Å². The predicted octanol–water partition coefficient (Wildman–Crippen LogP) is 4.97. The summed E-state index contributed by atoms with van der Waals surface area (Å²) in [5.41, 5.74) is -0.405. The average molecular weight is 513 g/mol. The van der Waals surface area contributed by atoms with Gasteiger partial charge in [0.15, 0.2) is 0 Å². The number of carbonyl (C=O) groups excluding carboxylic acids is 5. The van der Waals surface area contributed by atoms with Crippen molar-refractivity contribution in [2.75, 3.05) is 0 Å². The molecule has 156 valence electrons. The first-order valence-electron chi connectivity index (χ1n) is 7.36. The number of carboxylic acid groups (broad SMARTS) is 1. The van der Waals surface area contributed by atoms with Crippen LogP contribution in [0.2, 0.25) is 0 Å². The van der Waals surface area contributed by atoms with Gasteiger partial charge in [-0.25, -0.2) is 4.79 Å². The SMILES string of the molecule is O=C(Cl)c1cc(C(=O)Cl)cc(C(=O)Cl)c1.O=C(O)c1cc(C(=O)Cl)cc(C(=O)Cl)c1. The molecular formula is C18H7Cl5O7. The highest BCUT2D eigenvalue weighted by molar-refractivity contribution is 6.70. The van der Waals surface area contributed by atoms with Crippen LogP contribution in [0.25, 0.3) is 0 Å². The van der Waals surface area contributed by atoms with Gasteiger partial charge in [0.1, 0.15) is 0 Å². The Bertz CT molecular complexity index is 835. The van der Waals surface area contributed by atoms with Gasteiger partial charge in [0, 0.05) is 27.8 Å². The zero-order chi connectivity index (χ0) is 23.2. The molecule has 0 fully saturated rings. The highest BCUT2D eigenvalue weighted by Crippen LogP contribution is 2.16. The van der Waals surface area contributed by atoms with Crippen molar-refractivity contribution in [1.82, 2.24) is 0 Å². The van der Waals surface area contributed by atoms with Crippen LogP contribution in [0.15, 0.2) is 36.4 Å². The van der Waals surface area contributed by atoms with Crippen LogP contribution < -0.4 is 0 Å². The number of benzene rings is 2. The van der Waals surface area contributed by atoms with Crippen molar-refractivity contribution in [1.29, 1.82) is 0 Å². The molecule has 0 bridgehead atoms. The van der Waals surface area contributed by atoms with Crippen LogP contribution in [-0.2, 0) is 0 Å².